The lowest BCUT2D eigenvalue weighted by Crippen LogP contribution is -2.12. The zero-order chi connectivity index (χ0) is 14.1. The van der Waals surface area contributed by atoms with Crippen LogP contribution in [0.25, 0.3) is 0 Å². The van der Waals surface area contributed by atoms with E-state index in [9.17, 15) is 10.1 Å². The summed E-state index contributed by atoms with van der Waals surface area (Å²) in [5.41, 5.74) is 1.68. The third-order valence-corrected chi connectivity index (χ3v) is 4.56. The normalized spacial score (nSPS) is 15.8. The molecule has 1 unspecified atom stereocenters. The summed E-state index contributed by atoms with van der Waals surface area (Å²) >= 11 is 1.70. The van der Waals surface area contributed by atoms with Crippen molar-refractivity contribution in [3.05, 3.63) is 56.3 Å². The fraction of sp³-hybridized carbons (Fsp3) is 0.333. The van der Waals surface area contributed by atoms with Crippen molar-refractivity contribution in [1.29, 1.82) is 0 Å². The first-order chi connectivity index (χ1) is 9.65. The Bertz CT molecular complexity index is 621. The topological polar surface area (TPSA) is 55.2 Å². The summed E-state index contributed by atoms with van der Waals surface area (Å²) in [4.78, 5) is 12.1. The molecule has 0 bridgehead atoms. The van der Waals surface area contributed by atoms with Gasteiger partial charge in [-0.15, -0.1) is 11.3 Å². The standard InChI is InChI=1S/C15H16N2O2S/c1-10-4-7-12(13(9-10)17(18)19)16-15(11-5-6-11)14-3-2-8-20-14/h2-4,7-9,11,15-16H,5-6H2,1H3. The highest BCUT2D eigenvalue weighted by molar-refractivity contribution is 7.10. The van der Waals surface area contributed by atoms with Crippen molar-refractivity contribution in [3.8, 4) is 0 Å². The SMILES string of the molecule is Cc1ccc(NC(c2cccs2)C2CC2)c([N+](=O)[O-])c1. The smallest absolute Gasteiger partial charge is 0.292 e. The summed E-state index contributed by atoms with van der Waals surface area (Å²) in [7, 11) is 0. The zero-order valence-electron chi connectivity index (χ0n) is 11.2. The van der Waals surface area contributed by atoms with Gasteiger partial charge in [0.15, 0.2) is 0 Å². The molecular weight excluding hydrogens is 272 g/mol. The van der Waals surface area contributed by atoms with E-state index in [0.717, 1.165) is 5.56 Å². The molecular formula is C15H16N2O2S. The highest BCUT2D eigenvalue weighted by atomic mass is 32.1. The van der Waals surface area contributed by atoms with Gasteiger partial charge in [0, 0.05) is 10.9 Å². The van der Waals surface area contributed by atoms with E-state index >= 15 is 0 Å². The van der Waals surface area contributed by atoms with Crippen LogP contribution in [0.3, 0.4) is 0 Å². The molecule has 1 aliphatic rings. The molecule has 0 radical (unpaired) electrons. The van der Waals surface area contributed by atoms with Crippen molar-refractivity contribution in [2.45, 2.75) is 25.8 Å². The second kappa shape index (κ2) is 5.25. The van der Waals surface area contributed by atoms with Crippen LogP contribution in [0.1, 0.15) is 29.3 Å². The van der Waals surface area contributed by atoms with Crippen LogP contribution >= 0.6 is 11.3 Å². The van der Waals surface area contributed by atoms with Gasteiger partial charge in [0.2, 0.25) is 0 Å². The van der Waals surface area contributed by atoms with Gasteiger partial charge in [0.1, 0.15) is 5.69 Å². The molecule has 1 saturated carbocycles. The second-order valence-corrected chi connectivity index (χ2v) is 6.23. The van der Waals surface area contributed by atoms with Crippen LogP contribution in [-0.4, -0.2) is 4.92 Å². The van der Waals surface area contributed by atoms with Crippen molar-refractivity contribution >= 4 is 22.7 Å². The maximum absolute atomic E-state index is 11.2. The summed E-state index contributed by atoms with van der Waals surface area (Å²) in [6.07, 6.45) is 2.38. The number of benzene rings is 1. The molecule has 0 amide bonds. The summed E-state index contributed by atoms with van der Waals surface area (Å²) in [6, 6.07) is 9.67. The molecule has 20 heavy (non-hydrogen) atoms. The molecule has 0 aliphatic heterocycles. The minimum Gasteiger partial charge on any atom is -0.372 e. The van der Waals surface area contributed by atoms with Crippen LogP contribution < -0.4 is 5.32 Å². The van der Waals surface area contributed by atoms with E-state index in [4.69, 9.17) is 0 Å². The largest absolute Gasteiger partial charge is 0.372 e. The Hall–Kier alpha value is -1.88. The van der Waals surface area contributed by atoms with Crippen LogP contribution in [0, 0.1) is 23.0 Å². The van der Waals surface area contributed by atoms with Crippen molar-refractivity contribution in [3.63, 3.8) is 0 Å². The summed E-state index contributed by atoms with van der Waals surface area (Å²) < 4.78 is 0. The van der Waals surface area contributed by atoms with Crippen molar-refractivity contribution in [2.24, 2.45) is 5.92 Å². The molecule has 1 aromatic carbocycles. The minimum absolute atomic E-state index is 0.159. The molecule has 1 aliphatic carbocycles. The zero-order valence-corrected chi connectivity index (χ0v) is 12.0. The number of rotatable bonds is 5. The third-order valence-electron chi connectivity index (χ3n) is 3.60. The third kappa shape index (κ3) is 2.67. The lowest BCUT2D eigenvalue weighted by molar-refractivity contribution is -0.384. The molecule has 1 fully saturated rings. The average molecular weight is 288 g/mol. The van der Waals surface area contributed by atoms with Crippen LogP contribution in [0.2, 0.25) is 0 Å². The molecule has 4 nitrogen and oxygen atoms in total. The van der Waals surface area contributed by atoms with Gasteiger partial charge < -0.3 is 5.32 Å². The van der Waals surface area contributed by atoms with E-state index < -0.39 is 0 Å². The molecule has 1 N–H and O–H groups in total. The van der Waals surface area contributed by atoms with Gasteiger partial charge in [-0.1, -0.05) is 12.1 Å². The van der Waals surface area contributed by atoms with E-state index in [2.05, 4.69) is 16.8 Å². The maximum Gasteiger partial charge on any atom is 0.292 e. The number of aryl methyl sites for hydroxylation is 1. The van der Waals surface area contributed by atoms with Gasteiger partial charge in [-0.2, -0.15) is 0 Å². The Morgan fingerprint density at radius 1 is 1.40 bits per heavy atom. The fourth-order valence-corrected chi connectivity index (χ4v) is 3.27. The monoisotopic (exact) mass is 288 g/mol. The minimum atomic E-state index is -0.312. The molecule has 0 spiro atoms. The number of nitro benzene ring substituents is 1. The fourth-order valence-electron chi connectivity index (χ4n) is 2.40. The van der Waals surface area contributed by atoms with E-state index in [-0.39, 0.29) is 16.7 Å². The predicted molar refractivity (Wildman–Crippen MR) is 81.2 cm³/mol. The molecule has 5 heteroatoms. The van der Waals surface area contributed by atoms with Crippen LogP contribution in [0.4, 0.5) is 11.4 Å². The van der Waals surface area contributed by atoms with E-state index in [1.165, 1.54) is 17.7 Å². The molecule has 1 heterocycles. The van der Waals surface area contributed by atoms with Crippen molar-refractivity contribution < 1.29 is 4.92 Å². The quantitative estimate of drug-likeness (QED) is 0.649. The molecule has 1 atom stereocenters. The van der Waals surface area contributed by atoms with E-state index in [1.54, 1.807) is 17.4 Å². The van der Waals surface area contributed by atoms with E-state index in [0.29, 0.717) is 11.6 Å². The number of anilines is 1. The first-order valence-electron chi connectivity index (χ1n) is 6.70. The predicted octanol–water partition coefficient (Wildman–Crippen LogP) is 4.53. The Morgan fingerprint density at radius 2 is 2.20 bits per heavy atom. The Labute approximate surface area is 121 Å². The summed E-state index contributed by atoms with van der Waals surface area (Å²) in [5, 5.41) is 16.6. The molecule has 0 saturated heterocycles. The van der Waals surface area contributed by atoms with Gasteiger partial charge in [0.25, 0.3) is 5.69 Å². The first kappa shape index (κ1) is 13.1. The Morgan fingerprint density at radius 3 is 2.80 bits per heavy atom. The molecule has 3 rings (SSSR count). The van der Waals surface area contributed by atoms with Crippen LogP contribution in [0.15, 0.2) is 35.7 Å². The number of nitro groups is 1. The lowest BCUT2D eigenvalue weighted by Gasteiger charge is -2.18. The lowest BCUT2D eigenvalue weighted by atomic mass is 10.1. The highest BCUT2D eigenvalue weighted by Crippen LogP contribution is 2.45. The van der Waals surface area contributed by atoms with Gasteiger partial charge in [-0.05, 0) is 48.8 Å². The Kier molecular flexibility index (Phi) is 3.44. The number of hydrogen-bond acceptors (Lipinski definition) is 4. The van der Waals surface area contributed by atoms with Gasteiger partial charge in [-0.3, -0.25) is 10.1 Å². The first-order valence-corrected chi connectivity index (χ1v) is 7.58. The average Bonchev–Trinajstić information content (AvgIpc) is 3.11. The molecule has 1 aromatic heterocycles. The van der Waals surface area contributed by atoms with Gasteiger partial charge >= 0.3 is 0 Å². The summed E-state index contributed by atoms with van der Waals surface area (Å²) in [5.74, 6) is 0.592. The van der Waals surface area contributed by atoms with E-state index in [1.807, 2.05) is 25.1 Å². The Balaban J connectivity index is 1.91. The molecule has 104 valence electrons. The molecule has 2 aromatic rings. The van der Waals surface area contributed by atoms with Crippen molar-refractivity contribution in [1.82, 2.24) is 0 Å². The second-order valence-electron chi connectivity index (χ2n) is 5.25. The van der Waals surface area contributed by atoms with Crippen molar-refractivity contribution in [2.75, 3.05) is 5.32 Å². The number of nitrogens with one attached hydrogen (secondary N) is 1. The summed E-state index contributed by atoms with van der Waals surface area (Å²) in [6.45, 7) is 1.87. The van der Waals surface area contributed by atoms with Crippen LogP contribution in [-0.2, 0) is 0 Å². The van der Waals surface area contributed by atoms with Gasteiger partial charge in [-0.25, -0.2) is 0 Å². The maximum atomic E-state index is 11.2. The number of nitrogens with zero attached hydrogens (tertiary/aromatic N) is 1. The number of hydrogen-bond donors (Lipinski definition) is 1. The number of thiophene rings is 1. The van der Waals surface area contributed by atoms with Gasteiger partial charge in [0.05, 0.1) is 11.0 Å². The highest BCUT2D eigenvalue weighted by Gasteiger charge is 2.34. The van der Waals surface area contributed by atoms with Crippen LogP contribution in [0.5, 0.6) is 0 Å².